The van der Waals surface area contributed by atoms with Gasteiger partial charge >= 0.3 is 0 Å². The Bertz CT molecular complexity index is 654. The fraction of sp³-hybridized carbons (Fsp3) is 0.100. The number of nitrogens with two attached hydrogens (primary N) is 1. The van der Waals surface area contributed by atoms with Gasteiger partial charge in [-0.2, -0.15) is 4.98 Å². The fourth-order valence-electron chi connectivity index (χ4n) is 1.60. The van der Waals surface area contributed by atoms with E-state index in [1.807, 2.05) is 31.2 Å². The number of hydrogen-bond acceptors (Lipinski definition) is 5. The van der Waals surface area contributed by atoms with Crippen LogP contribution in [0.4, 0.5) is 5.95 Å². The normalized spacial score (nSPS) is 11.1. The van der Waals surface area contributed by atoms with Gasteiger partial charge in [0.05, 0.1) is 5.69 Å². The molecular weight excluding hydrogens is 206 g/mol. The van der Waals surface area contributed by atoms with Gasteiger partial charge in [0.2, 0.25) is 5.95 Å². The first-order valence-corrected chi connectivity index (χ1v) is 4.79. The Kier molecular flexibility index (Phi) is 1.70. The molecule has 3 aromatic heterocycles. The third-order valence-corrected chi connectivity index (χ3v) is 2.27. The third kappa shape index (κ3) is 1.23. The number of hydrogen-bond donors (Lipinski definition) is 1. The molecule has 0 atom stereocenters. The number of aromatic nitrogens is 4. The molecule has 0 aliphatic carbocycles. The molecule has 0 aliphatic heterocycles. The Hall–Kier alpha value is -2.37. The molecule has 0 bridgehead atoms. The molecular formula is C10H9N5O. The van der Waals surface area contributed by atoms with Crippen molar-refractivity contribution >= 4 is 11.6 Å². The highest BCUT2D eigenvalue weighted by Crippen LogP contribution is 2.19. The summed E-state index contributed by atoms with van der Waals surface area (Å²) >= 11 is 0. The lowest BCUT2D eigenvalue weighted by atomic mass is 10.2. The average Bonchev–Trinajstić information content (AvgIpc) is 2.82. The number of anilines is 1. The largest absolute Gasteiger partial charge is 0.366 e. The summed E-state index contributed by atoms with van der Waals surface area (Å²) in [6.07, 6.45) is 0. The van der Waals surface area contributed by atoms with Crippen LogP contribution in [-0.2, 0) is 0 Å². The minimum Gasteiger partial charge on any atom is -0.366 e. The monoisotopic (exact) mass is 215 g/mol. The van der Waals surface area contributed by atoms with Crippen molar-refractivity contribution in [3.8, 4) is 11.4 Å². The van der Waals surface area contributed by atoms with Crippen LogP contribution in [0.2, 0.25) is 0 Å². The van der Waals surface area contributed by atoms with Crippen LogP contribution in [0.25, 0.3) is 17.0 Å². The van der Waals surface area contributed by atoms with Crippen molar-refractivity contribution in [3.05, 3.63) is 30.0 Å². The molecule has 6 heteroatoms. The second kappa shape index (κ2) is 3.06. The second-order valence-electron chi connectivity index (χ2n) is 3.47. The van der Waals surface area contributed by atoms with E-state index in [1.165, 1.54) is 0 Å². The van der Waals surface area contributed by atoms with Crippen LogP contribution in [0.15, 0.2) is 28.8 Å². The van der Waals surface area contributed by atoms with Gasteiger partial charge in [0.15, 0.2) is 5.65 Å². The van der Waals surface area contributed by atoms with E-state index in [-0.39, 0.29) is 5.95 Å². The molecule has 2 N–H and O–H groups in total. The molecule has 6 nitrogen and oxygen atoms in total. The molecule has 0 unspecified atom stereocenters. The summed E-state index contributed by atoms with van der Waals surface area (Å²) in [7, 11) is 0. The number of nitrogens with zero attached hydrogens (tertiary/aromatic N) is 4. The van der Waals surface area contributed by atoms with E-state index < -0.39 is 0 Å². The van der Waals surface area contributed by atoms with Gasteiger partial charge in [-0.15, -0.1) is 5.10 Å². The van der Waals surface area contributed by atoms with Gasteiger partial charge < -0.3 is 10.3 Å². The summed E-state index contributed by atoms with van der Waals surface area (Å²) in [5.74, 6) is 0.993. The highest BCUT2D eigenvalue weighted by molar-refractivity contribution is 5.59. The molecule has 3 heterocycles. The van der Waals surface area contributed by atoms with E-state index >= 15 is 0 Å². The van der Waals surface area contributed by atoms with Crippen LogP contribution < -0.4 is 5.73 Å². The molecule has 0 amide bonds. The second-order valence-corrected chi connectivity index (χ2v) is 3.47. The first-order valence-electron chi connectivity index (χ1n) is 4.79. The van der Waals surface area contributed by atoms with Crippen molar-refractivity contribution in [2.45, 2.75) is 6.92 Å². The molecule has 3 rings (SSSR count). The molecule has 0 saturated carbocycles. The molecule has 0 fully saturated rings. The molecule has 3 aromatic rings. The lowest BCUT2D eigenvalue weighted by molar-refractivity contribution is 0.399. The maximum absolute atomic E-state index is 5.56. The van der Waals surface area contributed by atoms with E-state index in [0.29, 0.717) is 11.3 Å². The zero-order valence-corrected chi connectivity index (χ0v) is 8.58. The number of fused-ring (bicyclic) bond motifs is 1. The molecule has 0 radical (unpaired) electrons. The van der Waals surface area contributed by atoms with Crippen molar-refractivity contribution in [1.29, 1.82) is 0 Å². The first kappa shape index (κ1) is 8.90. The lowest BCUT2D eigenvalue weighted by Crippen LogP contribution is -1.94. The standard InChI is InChI=1S/C10H9N5O/c1-6-5-7(14-16-6)8-3-2-4-9-12-10(11)13-15(8)9/h2-5H,1H3,(H2,11,13). The molecule has 0 spiro atoms. The van der Waals surface area contributed by atoms with Crippen molar-refractivity contribution in [2.75, 3.05) is 5.73 Å². The highest BCUT2D eigenvalue weighted by atomic mass is 16.5. The summed E-state index contributed by atoms with van der Waals surface area (Å²) in [5.41, 5.74) is 7.77. The summed E-state index contributed by atoms with van der Waals surface area (Å²) < 4.78 is 6.68. The van der Waals surface area contributed by atoms with E-state index in [2.05, 4.69) is 15.2 Å². The Morgan fingerprint density at radius 1 is 1.38 bits per heavy atom. The first-order chi connectivity index (χ1) is 7.74. The predicted molar refractivity (Wildman–Crippen MR) is 57.6 cm³/mol. The van der Waals surface area contributed by atoms with Gasteiger partial charge in [-0.3, -0.25) is 0 Å². The van der Waals surface area contributed by atoms with Crippen LogP contribution in [0.3, 0.4) is 0 Å². The van der Waals surface area contributed by atoms with Crippen LogP contribution in [0.5, 0.6) is 0 Å². The van der Waals surface area contributed by atoms with Crippen LogP contribution in [0, 0.1) is 6.92 Å². The van der Waals surface area contributed by atoms with Gasteiger partial charge in [-0.25, -0.2) is 4.52 Å². The SMILES string of the molecule is Cc1cc(-c2cccc3nc(N)nn23)no1. The Labute approximate surface area is 90.7 Å². The maximum atomic E-state index is 5.56. The van der Waals surface area contributed by atoms with E-state index in [9.17, 15) is 0 Å². The van der Waals surface area contributed by atoms with Crippen LogP contribution >= 0.6 is 0 Å². The molecule has 80 valence electrons. The number of pyridine rings is 1. The maximum Gasteiger partial charge on any atom is 0.240 e. The lowest BCUT2D eigenvalue weighted by Gasteiger charge is -1.97. The van der Waals surface area contributed by atoms with Crippen LogP contribution in [-0.4, -0.2) is 19.8 Å². The number of nitrogen functional groups attached to an aromatic ring is 1. The zero-order chi connectivity index (χ0) is 11.1. The van der Waals surface area contributed by atoms with E-state index in [0.717, 1.165) is 11.5 Å². The van der Waals surface area contributed by atoms with Crippen molar-refractivity contribution in [2.24, 2.45) is 0 Å². The van der Waals surface area contributed by atoms with Crippen molar-refractivity contribution < 1.29 is 4.52 Å². The number of aryl methyl sites for hydroxylation is 1. The van der Waals surface area contributed by atoms with Gasteiger partial charge in [0.25, 0.3) is 0 Å². The number of rotatable bonds is 1. The van der Waals surface area contributed by atoms with Crippen molar-refractivity contribution in [1.82, 2.24) is 19.8 Å². The fourth-order valence-corrected chi connectivity index (χ4v) is 1.60. The minimum atomic E-state index is 0.243. The molecule has 0 saturated heterocycles. The Morgan fingerprint density at radius 3 is 3.00 bits per heavy atom. The summed E-state index contributed by atoms with van der Waals surface area (Å²) in [6, 6.07) is 7.44. The average molecular weight is 215 g/mol. The topological polar surface area (TPSA) is 82.2 Å². The quantitative estimate of drug-likeness (QED) is 0.661. The Balaban J connectivity index is 2.30. The molecule has 16 heavy (non-hydrogen) atoms. The van der Waals surface area contributed by atoms with Gasteiger partial charge in [-0.05, 0) is 19.1 Å². The zero-order valence-electron chi connectivity index (χ0n) is 8.58. The molecule has 0 aromatic carbocycles. The van der Waals surface area contributed by atoms with E-state index in [1.54, 1.807) is 4.52 Å². The molecule has 0 aliphatic rings. The third-order valence-electron chi connectivity index (χ3n) is 2.27. The van der Waals surface area contributed by atoms with Gasteiger partial charge in [-0.1, -0.05) is 11.2 Å². The Morgan fingerprint density at radius 2 is 2.25 bits per heavy atom. The van der Waals surface area contributed by atoms with Crippen LogP contribution in [0.1, 0.15) is 5.76 Å². The summed E-state index contributed by atoms with van der Waals surface area (Å²) in [4.78, 5) is 4.08. The van der Waals surface area contributed by atoms with Gasteiger partial charge in [0, 0.05) is 6.07 Å². The highest BCUT2D eigenvalue weighted by Gasteiger charge is 2.10. The smallest absolute Gasteiger partial charge is 0.240 e. The minimum absolute atomic E-state index is 0.243. The summed E-state index contributed by atoms with van der Waals surface area (Å²) in [5, 5.41) is 8.04. The van der Waals surface area contributed by atoms with Gasteiger partial charge in [0.1, 0.15) is 11.5 Å². The van der Waals surface area contributed by atoms with Crippen molar-refractivity contribution in [3.63, 3.8) is 0 Å². The van der Waals surface area contributed by atoms with E-state index in [4.69, 9.17) is 10.3 Å². The predicted octanol–water partition coefficient (Wildman–Crippen LogP) is 1.27. The summed E-state index contributed by atoms with van der Waals surface area (Å²) in [6.45, 7) is 1.84.